The predicted octanol–water partition coefficient (Wildman–Crippen LogP) is 3.72. The van der Waals surface area contributed by atoms with Crippen LogP contribution in [0.5, 0.6) is 0 Å². The second kappa shape index (κ2) is 8.03. The Bertz CT molecular complexity index is 751. The normalized spacial score (nSPS) is 14.8. The van der Waals surface area contributed by atoms with E-state index in [0.29, 0.717) is 36.8 Å². The van der Waals surface area contributed by atoms with Gasteiger partial charge in [-0.2, -0.15) is 0 Å². The molecular weight excluding hydrogens is 338 g/mol. The van der Waals surface area contributed by atoms with Crippen molar-refractivity contribution in [3.8, 4) is 0 Å². The highest BCUT2D eigenvalue weighted by Crippen LogP contribution is 2.18. The number of urea groups is 1. The first-order valence-corrected chi connectivity index (χ1v) is 8.68. The third-order valence-corrected chi connectivity index (χ3v) is 4.53. The van der Waals surface area contributed by atoms with Gasteiger partial charge in [-0.15, -0.1) is 0 Å². The van der Waals surface area contributed by atoms with E-state index in [0.717, 1.165) is 12.1 Å². The third-order valence-electron chi connectivity index (χ3n) is 4.20. The van der Waals surface area contributed by atoms with Crippen LogP contribution < -0.4 is 5.32 Å². The minimum absolute atomic E-state index is 0.0871. The van der Waals surface area contributed by atoms with Gasteiger partial charge in [-0.05, 0) is 30.7 Å². The summed E-state index contributed by atoms with van der Waals surface area (Å²) >= 11 is 6.13. The first kappa shape index (κ1) is 17.3. The number of halogens is 1. The zero-order valence-electron chi connectivity index (χ0n) is 13.8. The average molecular weight is 358 g/mol. The van der Waals surface area contributed by atoms with Gasteiger partial charge in [0.2, 0.25) is 0 Å². The summed E-state index contributed by atoms with van der Waals surface area (Å²) in [6, 6.07) is 16.3. The van der Waals surface area contributed by atoms with Gasteiger partial charge >= 0.3 is 6.03 Å². The maximum Gasteiger partial charge on any atom is 0.321 e. The molecular formula is C19H20ClN3O2. The molecule has 0 bridgehead atoms. The molecule has 0 aliphatic carbocycles. The first-order chi connectivity index (χ1) is 12.1. The van der Waals surface area contributed by atoms with E-state index in [2.05, 4.69) is 5.32 Å². The fourth-order valence-electron chi connectivity index (χ4n) is 2.85. The molecule has 1 saturated heterocycles. The number of hydrogen-bond acceptors (Lipinski definition) is 2. The molecule has 0 radical (unpaired) electrons. The van der Waals surface area contributed by atoms with Crippen LogP contribution in [0.25, 0.3) is 0 Å². The Morgan fingerprint density at radius 2 is 1.48 bits per heavy atom. The molecule has 1 heterocycles. The van der Waals surface area contributed by atoms with E-state index in [1.54, 1.807) is 34.1 Å². The summed E-state index contributed by atoms with van der Waals surface area (Å²) in [5.74, 6) is -0.0871. The maximum atomic E-state index is 12.7. The number of carbonyl (C=O) groups excluding carboxylic acids is 2. The van der Waals surface area contributed by atoms with Crippen LogP contribution in [0.4, 0.5) is 10.5 Å². The highest BCUT2D eigenvalue weighted by molar-refractivity contribution is 6.33. The second-order valence-corrected chi connectivity index (χ2v) is 6.32. The molecule has 0 aromatic heterocycles. The quantitative estimate of drug-likeness (QED) is 0.890. The standard InChI is InChI=1S/C19H20ClN3O2/c20-17-10-5-4-9-16(17)18(24)22-11-6-12-23(14-13-22)19(25)21-15-7-2-1-3-8-15/h1-5,7-10H,6,11-14H2,(H,21,25). The van der Waals surface area contributed by atoms with Crippen molar-refractivity contribution in [3.63, 3.8) is 0 Å². The maximum absolute atomic E-state index is 12.7. The van der Waals surface area contributed by atoms with Crippen LogP contribution in [0, 0.1) is 0 Å². The predicted molar refractivity (Wildman–Crippen MR) is 99.0 cm³/mol. The number of rotatable bonds is 2. The van der Waals surface area contributed by atoms with Crippen LogP contribution in [0.15, 0.2) is 54.6 Å². The second-order valence-electron chi connectivity index (χ2n) is 5.91. The summed E-state index contributed by atoms with van der Waals surface area (Å²) in [5.41, 5.74) is 1.27. The number of amides is 3. The van der Waals surface area contributed by atoms with Crippen molar-refractivity contribution in [2.75, 3.05) is 31.5 Å². The smallest absolute Gasteiger partial charge is 0.321 e. The van der Waals surface area contributed by atoms with Crippen LogP contribution in [0.3, 0.4) is 0 Å². The summed E-state index contributed by atoms with van der Waals surface area (Å²) in [6.07, 6.45) is 0.735. The van der Waals surface area contributed by atoms with Crippen molar-refractivity contribution in [1.82, 2.24) is 9.80 Å². The van der Waals surface area contributed by atoms with Gasteiger partial charge in [-0.25, -0.2) is 4.79 Å². The number of para-hydroxylation sites is 1. The fourth-order valence-corrected chi connectivity index (χ4v) is 3.07. The minimum atomic E-state index is -0.141. The van der Waals surface area contributed by atoms with Crippen molar-refractivity contribution in [2.24, 2.45) is 0 Å². The summed E-state index contributed by atoms with van der Waals surface area (Å²) in [4.78, 5) is 28.6. The summed E-state index contributed by atoms with van der Waals surface area (Å²) in [6.45, 7) is 2.21. The number of carbonyl (C=O) groups is 2. The molecule has 5 nitrogen and oxygen atoms in total. The van der Waals surface area contributed by atoms with Crippen molar-refractivity contribution in [3.05, 3.63) is 65.2 Å². The Morgan fingerprint density at radius 1 is 0.840 bits per heavy atom. The van der Waals surface area contributed by atoms with E-state index in [1.165, 1.54) is 0 Å². The highest BCUT2D eigenvalue weighted by atomic mass is 35.5. The van der Waals surface area contributed by atoms with Gasteiger partial charge in [0.1, 0.15) is 0 Å². The molecule has 0 saturated carbocycles. The summed E-state index contributed by atoms with van der Waals surface area (Å²) in [7, 11) is 0. The number of benzene rings is 2. The van der Waals surface area contributed by atoms with Crippen LogP contribution in [0.1, 0.15) is 16.8 Å². The van der Waals surface area contributed by atoms with Gasteiger partial charge < -0.3 is 15.1 Å². The van der Waals surface area contributed by atoms with Crippen molar-refractivity contribution in [1.29, 1.82) is 0 Å². The first-order valence-electron chi connectivity index (χ1n) is 8.30. The Balaban J connectivity index is 1.61. The summed E-state index contributed by atoms with van der Waals surface area (Å²) in [5, 5.41) is 3.34. The third kappa shape index (κ3) is 4.31. The lowest BCUT2D eigenvalue weighted by Gasteiger charge is -2.23. The Kier molecular flexibility index (Phi) is 5.56. The zero-order valence-corrected chi connectivity index (χ0v) is 14.6. The molecule has 3 amide bonds. The van der Waals surface area contributed by atoms with Crippen LogP contribution in [-0.4, -0.2) is 47.9 Å². The fraction of sp³-hybridized carbons (Fsp3) is 0.263. The topological polar surface area (TPSA) is 52.7 Å². The molecule has 1 fully saturated rings. The molecule has 3 rings (SSSR count). The highest BCUT2D eigenvalue weighted by Gasteiger charge is 2.23. The van der Waals surface area contributed by atoms with Gasteiger partial charge in [0, 0.05) is 31.9 Å². The molecule has 0 spiro atoms. The van der Waals surface area contributed by atoms with E-state index < -0.39 is 0 Å². The van der Waals surface area contributed by atoms with Crippen molar-refractivity contribution in [2.45, 2.75) is 6.42 Å². The lowest BCUT2D eigenvalue weighted by molar-refractivity contribution is 0.0763. The molecule has 2 aromatic carbocycles. The van der Waals surface area contributed by atoms with Crippen LogP contribution in [-0.2, 0) is 0 Å². The van der Waals surface area contributed by atoms with Gasteiger partial charge in [-0.3, -0.25) is 4.79 Å². The monoisotopic (exact) mass is 357 g/mol. The van der Waals surface area contributed by atoms with E-state index in [1.807, 2.05) is 30.3 Å². The molecule has 2 aromatic rings. The SMILES string of the molecule is O=C(Nc1ccccc1)N1CCCN(C(=O)c2ccccc2Cl)CC1. The molecule has 0 unspecified atom stereocenters. The number of nitrogens with one attached hydrogen (secondary N) is 1. The number of anilines is 1. The molecule has 1 aliphatic rings. The van der Waals surface area contributed by atoms with E-state index >= 15 is 0 Å². The molecule has 6 heteroatoms. The molecule has 0 atom stereocenters. The lowest BCUT2D eigenvalue weighted by atomic mass is 10.2. The largest absolute Gasteiger partial charge is 0.337 e. The lowest BCUT2D eigenvalue weighted by Crippen LogP contribution is -2.39. The molecule has 130 valence electrons. The summed E-state index contributed by atoms with van der Waals surface area (Å²) < 4.78 is 0. The van der Waals surface area contributed by atoms with Gasteiger partial charge in [0.25, 0.3) is 5.91 Å². The zero-order chi connectivity index (χ0) is 17.6. The van der Waals surface area contributed by atoms with Gasteiger partial charge in [0.15, 0.2) is 0 Å². The van der Waals surface area contributed by atoms with E-state index in [9.17, 15) is 9.59 Å². The molecule has 1 aliphatic heterocycles. The molecule has 25 heavy (non-hydrogen) atoms. The van der Waals surface area contributed by atoms with Crippen molar-refractivity contribution < 1.29 is 9.59 Å². The van der Waals surface area contributed by atoms with Crippen LogP contribution in [0.2, 0.25) is 5.02 Å². The van der Waals surface area contributed by atoms with Crippen LogP contribution >= 0.6 is 11.6 Å². The van der Waals surface area contributed by atoms with Crippen molar-refractivity contribution >= 4 is 29.2 Å². The molecule has 1 N–H and O–H groups in total. The minimum Gasteiger partial charge on any atom is -0.337 e. The average Bonchev–Trinajstić information content (AvgIpc) is 2.89. The Morgan fingerprint density at radius 3 is 2.24 bits per heavy atom. The van der Waals surface area contributed by atoms with Gasteiger partial charge in [-0.1, -0.05) is 41.9 Å². The van der Waals surface area contributed by atoms with E-state index in [-0.39, 0.29) is 11.9 Å². The Hall–Kier alpha value is -2.53. The number of hydrogen-bond donors (Lipinski definition) is 1. The number of nitrogens with zero attached hydrogens (tertiary/aromatic N) is 2. The van der Waals surface area contributed by atoms with Gasteiger partial charge in [0.05, 0.1) is 10.6 Å². The Labute approximate surface area is 152 Å². The van der Waals surface area contributed by atoms with E-state index in [4.69, 9.17) is 11.6 Å².